The van der Waals surface area contributed by atoms with Gasteiger partial charge in [0, 0.05) is 7.11 Å². The topological polar surface area (TPSA) is 74.2 Å². The molecule has 1 aromatic heterocycles. The van der Waals surface area contributed by atoms with Gasteiger partial charge in [0.05, 0.1) is 6.04 Å². The van der Waals surface area contributed by atoms with Crippen molar-refractivity contribution in [3.05, 3.63) is 11.7 Å². The minimum atomic E-state index is -0.305. The van der Waals surface area contributed by atoms with Crippen LogP contribution in [0.3, 0.4) is 0 Å². The summed E-state index contributed by atoms with van der Waals surface area (Å²) >= 11 is 0. The highest BCUT2D eigenvalue weighted by molar-refractivity contribution is 5.07. The molecule has 0 amide bonds. The molecule has 0 spiro atoms. The first kappa shape index (κ1) is 11.2. The van der Waals surface area contributed by atoms with Crippen LogP contribution in [0.1, 0.15) is 56.3 Å². The number of hydrogen-bond acceptors (Lipinski definition) is 5. The normalized spacial score (nSPS) is 24.4. The fourth-order valence-corrected chi connectivity index (χ4v) is 2.40. The number of rotatable bonds is 5. The van der Waals surface area contributed by atoms with E-state index in [1.165, 1.54) is 12.8 Å². The van der Waals surface area contributed by atoms with Gasteiger partial charge in [0.1, 0.15) is 5.60 Å². The van der Waals surface area contributed by atoms with Gasteiger partial charge in [-0.25, -0.2) is 0 Å². The average molecular weight is 237 g/mol. The molecule has 0 saturated heterocycles. The molecule has 2 aliphatic carbocycles. The first-order valence-corrected chi connectivity index (χ1v) is 6.38. The molecule has 94 valence electrons. The van der Waals surface area contributed by atoms with Crippen LogP contribution < -0.4 is 5.73 Å². The Morgan fingerprint density at radius 2 is 2.29 bits per heavy atom. The molecular weight excluding hydrogens is 218 g/mol. The van der Waals surface area contributed by atoms with E-state index in [4.69, 9.17) is 15.0 Å². The highest BCUT2D eigenvalue weighted by atomic mass is 16.5. The number of hydrogen-bond donors (Lipinski definition) is 1. The Morgan fingerprint density at radius 1 is 1.53 bits per heavy atom. The lowest BCUT2D eigenvalue weighted by molar-refractivity contribution is -0.0858. The lowest BCUT2D eigenvalue weighted by Gasteiger charge is -2.37. The van der Waals surface area contributed by atoms with Crippen molar-refractivity contribution < 1.29 is 9.26 Å². The summed E-state index contributed by atoms with van der Waals surface area (Å²) in [4.78, 5) is 4.43. The van der Waals surface area contributed by atoms with E-state index in [0.29, 0.717) is 11.7 Å². The number of nitrogens with two attached hydrogens (primary N) is 1. The molecule has 5 nitrogen and oxygen atoms in total. The Hall–Kier alpha value is -0.940. The van der Waals surface area contributed by atoms with Gasteiger partial charge in [-0.05, 0) is 31.6 Å². The maximum Gasteiger partial charge on any atom is 0.243 e. The van der Waals surface area contributed by atoms with E-state index in [2.05, 4.69) is 10.1 Å². The van der Waals surface area contributed by atoms with Gasteiger partial charge in [0.25, 0.3) is 0 Å². The third kappa shape index (κ3) is 1.98. The van der Waals surface area contributed by atoms with Crippen LogP contribution in [0.2, 0.25) is 0 Å². The second-order valence-corrected chi connectivity index (χ2v) is 5.29. The molecule has 0 radical (unpaired) electrons. The maximum absolute atomic E-state index is 6.06. The van der Waals surface area contributed by atoms with Gasteiger partial charge in [-0.15, -0.1) is 0 Å². The molecule has 0 aliphatic heterocycles. The van der Waals surface area contributed by atoms with Gasteiger partial charge in [0.15, 0.2) is 0 Å². The monoisotopic (exact) mass is 237 g/mol. The standard InChI is InChI=1S/C12H19N3O2/c1-16-12(5-2-6-12)11-14-10(17-15-11)9(13)7-8-3-4-8/h8-9H,2-7,13H2,1H3/t9-/m0/s1. The van der Waals surface area contributed by atoms with Gasteiger partial charge in [0.2, 0.25) is 11.7 Å². The largest absolute Gasteiger partial charge is 0.370 e. The van der Waals surface area contributed by atoms with Crippen molar-refractivity contribution in [2.75, 3.05) is 7.11 Å². The number of aromatic nitrogens is 2. The summed E-state index contributed by atoms with van der Waals surface area (Å²) in [6.45, 7) is 0. The Labute approximate surface area is 101 Å². The predicted molar refractivity (Wildman–Crippen MR) is 61.1 cm³/mol. The number of methoxy groups -OCH3 is 1. The molecule has 2 N–H and O–H groups in total. The Bertz CT molecular complexity index is 391. The minimum Gasteiger partial charge on any atom is -0.370 e. The predicted octanol–water partition coefficient (Wildman–Crippen LogP) is 1.90. The quantitative estimate of drug-likeness (QED) is 0.846. The van der Waals surface area contributed by atoms with Crippen LogP contribution in [0.25, 0.3) is 0 Å². The van der Waals surface area contributed by atoms with E-state index >= 15 is 0 Å². The van der Waals surface area contributed by atoms with Gasteiger partial charge in [-0.2, -0.15) is 4.98 Å². The third-order valence-corrected chi connectivity index (χ3v) is 4.00. The average Bonchev–Trinajstić information content (AvgIpc) is 2.93. The summed E-state index contributed by atoms with van der Waals surface area (Å²) in [7, 11) is 1.71. The van der Waals surface area contributed by atoms with E-state index in [9.17, 15) is 0 Å². The molecule has 2 fully saturated rings. The Morgan fingerprint density at radius 3 is 2.82 bits per heavy atom. The first-order valence-electron chi connectivity index (χ1n) is 6.38. The van der Waals surface area contributed by atoms with E-state index in [0.717, 1.165) is 31.6 Å². The molecule has 5 heteroatoms. The lowest BCUT2D eigenvalue weighted by Crippen LogP contribution is -2.37. The fourth-order valence-electron chi connectivity index (χ4n) is 2.40. The molecule has 0 aromatic carbocycles. The zero-order valence-corrected chi connectivity index (χ0v) is 10.2. The number of nitrogens with zero attached hydrogens (tertiary/aromatic N) is 2. The van der Waals surface area contributed by atoms with Crippen molar-refractivity contribution in [3.63, 3.8) is 0 Å². The van der Waals surface area contributed by atoms with Crippen LogP contribution in [0.15, 0.2) is 4.52 Å². The van der Waals surface area contributed by atoms with Crippen molar-refractivity contribution in [1.29, 1.82) is 0 Å². The fraction of sp³-hybridized carbons (Fsp3) is 0.833. The molecule has 17 heavy (non-hydrogen) atoms. The smallest absolute Gasteiger partial charge is 0.243 e. The zero-order valence-electron chi connectivity index (χ0n) is 10.2. The lowest BCUT2D eigenvalue weighted by atomic mass is 9.79. The van der Waals surface area contributed by atoms with Crippen molar-refractivity contribution in [2.45, 2.75) is 50.2 Å². The van der Waals surface area contributed by atoms with Crippen molar-refractivity contribution in [1.82, 2.24) is 10.1 Å². The molecule has 0 unspecified atom stereocenters. The third-order valence-electron chi connectivity index (χ3n) is 4.00. The molecule has 1 atom stereocenters. The zero-order chi connectivity index (χ0) is 11.9. The SMILES string of the molecule is COC1(c2noc([C@@H](N)CC3CC3)n2)CCC1. The molecule has 0 bridgehead atoms. The Balaban J connectivity index is 1.72. The van der Waals surface area contributed by atoms with E-state index < -0.39 is 0 Å². The molecule has 1 aromatic rings. The summed E-state index contributed by atoms with van der Waals surface area (Å²) in [5.74, 6) is 2.00. The molecular formula is C12H19N3O2. The van der Waals surface area contributed by atoms with Crippen molar-refractivity contribution in [3.8, 4) is 0 Å². The van der Waals surface area contributed by atoms with E-state index in [1.807, 2.05) is 0 Å². The second-order valence-electron chi connectivity index (χ2n) is 5.29. The van der Waals surface area contributed by atoms with Crippen molar-refractivity contribution >= 4 is 0 Å². The van der Waals surface area contributed by atoms with Crippen LogP contribution in [0, 0.1) is 5.92 Å². The Kier molecular flexibility index (Phi) is 2.67. The maximum atomic E-state index is 6.06. The van der Waals surface area contributed by atoms with Gasteiger partial charge in [-0.1, -0.05) is 18.0 Å². The summed E-state index contributed by atoms with van der Waals surface area (Å²) < 4.78 is 10.8. The van der Waals surface area contributed by atoms with E-state index in [-0.39, 0.29) is 11.6 Å². The molecule has 3 rings (SSSR count). The first-order chi connectivity index (χ1) is 8.23. The summed E-state index contributed by atoms with van der Waals surface area (Å²) in [6, 6.07) is -0.113. The highest BCUT2D eigenvalue weighted by Crippen LogP contribution is 2.43. The van der Waals surface area contributed by atoms with Crippen LogP contribution in [-0.4, -0.2) is 17.3 Å². The van der Waals surface area contributed by atoms with Crippen LogP contribution >= 0.6 is 0 Å². The summed E-state index contributed by atoms with van der Waals surface area (Å²) in [6.07, 6.45) is 6.64. The minimum absolute atomic E-state index is 0.113. The molecule has 2 saturated carbocycles. The van der Waals surface area contributed by atoms with Gasteiger partial charge < -0.3 is 15.0 Å². The number of ether oxygens (including phenoxy) is 1. The van der Waals surface area contributed by atoms with E-state index in [1.54, 1.807) is 7.11 Å². The van der Waals surface area contributed by atoms with Crippen LogP contribution in [-0.2, 0) is 10.3 Å². The highest BCUT2D eigenvalue weighted by Gasteiger charge is 2.43. The van der Waals surface area contributed by atoms with Gasteiger partial charge in [-0.3, -0.25) is 0 Å². The molecule has 1 heterocycles. The van der Waals surface area contributed by atoms with Crippen LogP contribution in [0.4, 0.5) is 0 Å². The summed E-state index contributed by atoms with van der Waals surface area (Å²) in [5, 5.41) is 4.04. The van der Waals surface area contributed by atoms with Crippen molar-refractivity contribution in [2.24, 2.45) is 11.7 Å². The van der Waals surface area contributed by atoms with Crippen LogP contribution in [0.5, 0.6) is 0 Å². The molecule has 2 aliphatic rings. The summed E-state index contributed by atoms with van der Waals surface area (Å²) in [5.41, 5.74) is 5.75. The van der Waals surface area contributed by atoms with Gasteiger partial charge >= 0.3 is 0 Å². The second kappa shape index (κ2) is 4.07.